The molecule has 0 saturated heterocycles. The molecule has 0 aliphatic carbocycles. The van der Waals surface area contributed by atoms with Crippen LogP contribution in [0.15, 0.2) is 17.5 Å². The number of aliphatic hydroxyl groups excluding tert-OH is 2. The SMILES string of the molecule is O=C(CSCc1cccs1)N(CCO)CCO. The second-order valence-corrected chi connectivity index (χ2v) is 5.42. The summed E-state index contributed by atoms with van der Waals surface area (Å²) < 4.78 is 0. The molecule has 17 heavy (non-hydrogen) atoms. The molecule has 0 bridgehead atoms. The average Bonchev–Trinajstić information content (AvgIpc) is 2.81. The summed E-state index contributed by atoms with van der Waals surface area (Å²) >= 11 is 3.23. The molecule has 0 fully saturated rings. The topological polar surface area (TPSA) is 60.8 Å². The van der Waals surface area contributed by atoms with Crippen LogP contribution in [0.4, 0.5) is 0 Å². The Balaban J connectivity index is 2.26. The van der Waals surface area contributed by atoms with E-state index in [4.69, 9.17) is 10.2 Å². The fraction of sp³-hybridized carbons (Fsp3) is 0.545. The smallest absolute Gasteiger partial charge is 0.232 e. The van der Waals surface area contributed by atoms with Gasteiger partial charge in [-0.2, -0.15) is 0 Å². The van der Waals surface area contributed by atoms with Crippen molar-refractivity contribution in [1.29, 1.82) is 0 Å². The molecule has 0 radical (unpaired) electrons. The maximum Gasteiger partial charge on any atom is 0.232 e. The summed E-state index contributed by atoms with van der Waals surface area (Å²) in [6, 6.07) is 4.04. The Kier molecular flexibility index (Phi) is 7.27. The first kappa shape index (κ1) is 14.5. The molecular formula is C11H17NO3S2. The van der Waals surface area contributed by atoms with Gasteiger partial charge < -0.3 is 15.1 Å². The van der Waals surface area contributed by atoms with Gasteiger partial charge in [-0.15, -0.1) is 23.1 Å². The van der Waals surface area contributed by atoms with E-state index in [1.807, 2.05) is 17.5 Å². The minimum absolute atomic E-state index is 0.0327. The highest BCUT2D eigenvalue weighted by Crippen LogP contribution is 2.17. The molecular weight excluding hydrogens is 258 g/mol. The zero-order valence-corrected chi connectivity index (χ0v) is 11.2. The highest BCUT2D eigenvalue weighted by molar-refractivity contribution is 7.99. The fourth-order valence-corrected chi connectivity index (χ4v) is 3.10. The van der Waals surface area contributed by atoms with Crippen molar-refractivity contribution in [1.82, 2.24) is 4.90 Å². The molecule has 6 heteroatoms. The number of hydrogen-bond acceptors (Lipinski definition) is 5. The number of hydrogen-bond donors (Lipinski definition) is 2. The zero-order valence-electron chi connectivity index (χ0n) is 9.54. The van der Waals surface area contributed by atoms with E-state index < -0.39 is 0 Å². The molecule has 0 saturated carbocycles. The molecule has 0 aromatic carbocycles. The van der Waals surface area contributed by atoms with Crippen LogP contribution in [0.25, 0.3) is 0 Å². The number of nitrogens with zero attached hydrogens (tertiary/aromatic N) is 1. The molecule has 96 valence electrons. The Morgan fingerprint density at radius 2 is 2.06 bits per heavy atom. The first-order valence-electron chi connectivity index (χ1n) is 5.37. The van der Waals surface area contributed by atoms with Gasteiger partial charge >= 0.3 is 0 Å². The van der Waals surface area contributed by atoms with Crippen molar-refractivity contribution in [2.45, 2.75) is 5.75 Å². The van der Waals surface area contributed by atoms with Crippen LogP contribution < -0.4 is 0 Å². The lowest BCUT2D eigenvalue weighted by Gasteiger charge is -2.20. The van der Waals surface area contributed by atoms with Crippen LogP contribution in [0.1, 0.15) is 4.88 Å². The Labute approximate surface area is 109 Å². The lowest BCUT2D eigenvalue weighted by Crippen LogP contribution is -2.37. The maximum atomic E-state index is 11.7. The zero-order chi connectivity index (χ0) is 12.5. The Morgan fingerprint density at radius 3 is 2.59 bits per heavy atom. The maximum absolute atomic E-state index is 11.7. The van der Waals surface area contributed by atoms with Gasteiger partial charge in [0, 0.05) is 23.7 Å². The van der Waals surface area contributed by atoms with Gasteiger partial charge in [0.1, 0.15) is 0 Å². The van der Waals surface area contributed by atoms with E-state index in [0.717, 1.165) is 5.75 Å². The number of thiophene rings is 1. The summed E-state index contributed by atoms with van der Waals surface area (Å²) in [4.78, 5) is 14.5. The number of aliphatic hydroxyl groups is 2. The van der Waals surface area contributed by atoms with Gasteiger partial charge in [0.2, 0.25) is 5.91 Å². The molecule has 1 rings (SSSR count). The van der Waals surface area contributed by atoms with Gasteiger partial charge in [0.05, 0.1) is 19.0 Å². The largest absolute Gasteiger partial charge is 0.395 e. The van der Waals surface area contributed by atoms with Crippen molar-refractivity contribution in [2.24, 2.45) is 0 Å². The second kappa shape index (κ2) is 8.52. The third-order valence-electron chi connectivity index (χ3n) is 2.14. The van der Waals surface area contributed by atoms with Gasteiger partial charge in [-0.1, -0.05) is 6.07 Å². The lowest BCUT2D eigenvalue weighted by atomic mass is 10.4. The van der Waals surface area contributed by atoms with Crippen LogP contribution in [-0.4, -0.2) is 53.1 Å². The predicted octanol–water partition coefficient (Wildman–Crippen LogP) is 0.794. The van der Waals surface area contributed by atoms with E-state index in [0.29, 0.717) is 18.8 Å². The van der Waals surface area contributed by atoms with Crippen molar-refractivity contribution < 1.29 is 15.0 Å². The summed E-state index contributed by atoms with van der Waals surface area (Å²) in [7, 11) is 0. The van der Waals surface area contributed by atoms with Gasteiger partial charge in [-0.3, -0.25) is 4.79 Å². The number of carbonyl (C=O) groups is 1. The molecule has 0 spiro atoms. The van der Waals surface area contributed by atoms with Crippen LogP contribution in [-0.2, 0) is 10.5 Å². The molecule has 1 amide bonds. The summed E-state index contributed by atoms with van der Waals surface area (Å²) in [6.45, 7) is 0.445. The normalized spacial score (nSPS) is 10.5. The molecule has 4 nitrogen and oxygen atoms in total. The van der Waals surface area contributed by atoms with Gasteiger partial charge in [-0.05, 0) is 11.4 Å². The second-order valence-electron chi connectivity index (χ2n) is 3.40. The highest BCUT2D eigenvalue weighted by Gasteiger charge is 2.12. The molecule has 0 aliphatic heterocycles. The van der Waals surface area contributed by atoms with Crippen LogP contribution >= 0.6 is 23.1 Å². The molecule has 0 atom stereocenters. The van der Waals surface area contributed by atoms with Crippen LogP contribution in [0.2, 0.25) is 0 Å². The Morgan fingerprint density at radius 1 is 1.35 bits per heavy atom. The van der Waals surface area contributed by atoms with Gasteiger partial charge in [-0.25, -0.2) is 0 Å². The van der Waals surface area contributed by atoms with E-state index in [9.17, 15) is 4.79 Å². The average molecular weight is 275 g/mol. The monoisotopic (exact) mass is 275 g/mol. The minimum atomic E-state index is -0.0681. The first-order valence-corrected chi connectivity index (χ1v) is 7.41. The first-order chi connectivity index (χ1) is 8.27. The van der Waals surface area contributed by atoms with Crippen LogP contribution in [0.5, 0.6) is 0 Å². The molecule has 1 aromatic rings. The molecule has 1 heterocycles. The van der Waals surface area contributed by atoms with Crippen molar-refractivity contribution in [3.8, 4) is 0 Å². The standard InChI is InChI=1S/C11H17NO3S2/c13-5-3-12(4-6-14)11(15)9-16-8-10-2-1-7-17-10/h1-2,7,13-14H,3-6,8-9H2. The summed E-state index contributed by atoms with van der Waals surface area (Å²) in [5.74, 6) is 1.18. The number of thioether (sulfide) groups is 1. The van der Waals surface area contributed by atoms with Crippen molar-refractivity contribution in [2.75, 3.05) is 32.1 Å². The lowest BCUT2D eigenvalue weighted by molar-refractivity contribution is -0.129. The quantitative estimate of drug-likeness (QED) is 0.736. The van der Waals surface area contributed by atoms with E-state index in [1.165, 1.54) is 9.78 Å². The van der Waals surface area contributed by atoms with Crippen molar-refractivity contribution in [3.05, 3.63) is 22.4 Å². The Bertz CT molecular complexity index is 311. The molecule has 1 aromatic heterocycles. The van der Waals surface area contributed by atoms with E-state index in [1.54, 1.807) is 23.1 Å². The predicted molar refractivity (Wildman–Crippen MR) is 71.2 cm³/mol. The van der Waals surface area contributed by atoms with E-state index >= 15 is 0 Å². The number of carbonyl (C=O) groups excluding carboxylic acids is 1. The highest BCUT2D eigenvalue weighted by atomic mass is 32.2. The number of amides is 1. The van der Waals surface area contributed by atoms with Gasteiger partial charge in [0.25, 0.3) is 0 Å². The molecule has 2 N–H and O–H groups in total. The van der Waals surface area contributed by atoms with E-state index in [-0.39, 0.29) is 19.1 Å². The molecule has 0 unspecified atom stereocenters. The third kappa shape index (κ3) is 5.54. The summed E-state index contributed by atoms with van der Waals surface area (Å²) in [5, 5.41) is 19.6. The van der Waals surface area contributed by atoms with Crippen LogP contribution in [0, 0.1) is 0 Å². The Hall–Kier alpha value is -0.560. The van der Waals surface area contributed by atoms with Crippen molar-refractivity contribution in [3.63, 3.8) is 0 Å². The van der Waals surface area contributed by atoms with Gasteiger partial charge in [0.15, 0.2) is 0 Å². The van der Waals surface area contributed by atoms with Crippen LogP contribution in [0.3, 0.4) is 0 Å². The summed E-state index contributed by atoms with van der Waals surface area (Å²) in [5.41, 5.74) is 0. The summed E-state index contributed by atoms with van der Waals surface area (Å²) in [6.07, 6.45) is 0. The third-order valence-corrected chi connectivity index (χ3v) is 4.17. The van der Waals surface area contributed by atoms with E-state index in [2.05, 4.69) is 0 Å². The minimum Gasteiger partial charge on any atom is -0.395 e. The van der Waals surface area contributed by atoms with Crippen molar-refractivity contribution >= 4 is 29.0 Å². The fourth-order valence-electron chi connectivity index (χ4n) is 1.33. The number of rotatable bonds is 8. The molecule has 0 aliphatic rings.